The minimum absolute atomic E-state index is 0.454. The minimum atomic E-state index is -0.659. The van der Waals surface area contributed by atoms with E-state index in [0.717, 1.165) is 19.5 Å². The van der Waals surface area contributed by atoms with Gasteiger partial charge in [-0.15, -0.1) is 0 Å². The summed E-state index contributed by atoms with van der Waals surface area (Å²) in [4.78, 5) is 0. The van der Waals surface area contributed by atoms with Crippen molar-refractivity contribution in [2.24, 2.45) is 0 Å². The SMILES string of the molecule is CCn1ccc(CNCC2(O)CCOC2)c1. The van der Waals surface area contributed by atoms with Crippen molar-refractivity contribution >= 4 is 0 Å². The Morgan fingerprint density at radius 2 is 2.50 bits per heavy atom. The van der Waals surface area contributed by atoms with Gasteiger partial charge in [0.25, 0.3) is 0 Å². The van der Waals surface area contributed by atoms with Crippen LogP contribution in [0.4, 0.5) is 0 Å². The number of nitrogens with one attached hydrogen (secondary N) is 1. The fourth-order valence-corrected chi connectivity index (χ4v) is 1.97. The summed E-state index contributed by atoms with van der Waals surface area (Å²) >= 11 is 0. The van der Waals surface area contributed by atoms with E-state index in [1.54, 1.807) is 0 Å². The van der Waals surface area contributed by atoms with Gasteiger partial charge in [0.2, 0.25) is 0 Å². The van der Waals surface area contributed by atoms with E-state index in [2.05, 4.69) is 35.3 Å². The average molecular weight is 224 g/mol. The Morgan fingerprint density at radius 3 is 3.12 bits per heavy atom. The normalized spacial score (nSPS) is 25.1. The van der Waals surface area contributed by atoms with Crippen molar-refractivity contribution in [1.82, 2.24) is 9.88 Å². The summed E-state index contributed by atoms with van der Waals surface area (Å²) in [5, 5.41) is 13.3. The minimum Gasteiger partial charge on any atom is -0.386 e. The highest BCUT2D eigenvalue weighted by Crippen LogP contribution is 2.17. The molecule has 1 atom stereocenters. The molecule has 1 aromatic heterocycles. The number of nitrogens with zero attached hydrogens (tertiary/aromatic N) is 1. The molecule has 0 spiro atoms. The van der Waals surface area contributed by atoms with Gasteiger partial charge in [-0.3, -0.25) is 0 Å². The highest BCUT2D eigenvalue weighted by Gasteiger charge is 2.31. The standard InChI is InChI=1S/C12H20N2O2/c1-2-14-5-3-11(8-14)7-13-9-12(15)4-6-16-10-12/h3,5,8,13,15H,2,4,6-7,9-10H2,1H3. The highest BCUT2D eigenvalue weighted by molar-refractivity contribution is 5.09. The predicted octanol–water partition coefficient (Wildman–Crippen LogP) is 0.749. The summed E-state index contributed by atoms with van der Waals surface area (Å²) in [5.74, 6) is 0. The molecule has 16 heavy (non-hydrogen) atoms. The van der Waals surface area contributed by atoms with Crippen molar-refractivity contribution in [1.29, 1.82) is 0 Å². The third-order valence-electron chi connectivity index (χ3n) is 3.04. The van der Waals surface area contributed by atoms with Crippen LogP contribution < -0.4 is 5.32 Å². The van der Waals surface area contributed by atoms with Gasteiger partial charge in [-0.25, -0.2) is 0 Å². The second kappa shape index (κ2) is 4.99. The quantitative estimate of drug-likeness (QED) is 0.776. The lowest BCUT2D eigenvalue weighted by Gasteiger charge is -2.20. The Labute approximate surface area is 96.2 Å². The smallest absolute Gasteiger partial charge is 0.102 e. The largest absolute Gasteiger partial charge is 0.386 e. The number of rotatable bonds is 5. The topological polar surface area (TPSA) is 46.4 Å². The van der Waals surface area contributed by atoms with E-state index >= 15 is 0 Å². The van der Waals surface area contributed by atoms with Gasteiger partial charge in [-0.1, -0.05) is 0 Å². The van der Waals surface area contributed by atoms with Gasteiger partial charge in [0.1, 0.15) is 5.60 Å². The Balaban J connectivity index is 1.75. The van der Waals surface area contributed by atoms with E-state index in [4.69, 9.17) is 4.74 Å². The molecule has 1 unspecified atom stereocenters. The van der Waals surface area contributed by atoms with Crippen LogP contribution in [0.1, 0.15) is 18.9 Å². The molecular weight excluding hydrogens is 204 g/mol. The van der Waals surface area contributed by atoms with Crippen LogP contribution in [-0.4, -0.2) is 35.0 Å². The third-order valence-corrected chi connectivity index (χ3v) is 3.04. The molecule has 90 valence electrons. The molecule has 1 saturated heterocycles. The molecule has 2 heterocycles. The summed E-state index contributed by atoms with van der Waals surface area (Å²) in [6, 6.07) is 2.10. The molecule has 2 rings (SSSR count). The Morgan fingerprint density at radius 1 is 1.62 bits per heavy atom. The maximum atomic E-state index is 10.0. The molecule has 0 radical (unpaired) electrons. The second-order valence-corrected chi connectivity index (χ2v) is 4.48. The molecule has 2 N–H and O–H groups in total. The summed E-state index contributed by atoms with van der Waals surface area (Å²) in [7, 11) is 0. The van der Waals surface area contributed by atoms with Crippen LogP contribution in [-0.2, 0) is 17.8 Å². The molecule has 1 aromatic rings. The van der Waals surface area contributed by atoms with Gasteiger partial charge in [0.15, 0.2) is 0 Å². The molecule has 0 saturated carbocycles. The zero-order valence-corrected chi connectivity index (χ0v) is 9.78. The molecule has 0 aromatic carbocycles. The van der Waals surface area contributed by atoms with Gasteiger partial charge < -0.3 is 19.7 Å². The van der Waals surface area contributed by atoms with Gasteiger partial charge in [0, 0.05) is 45.1 Å². The van der Waals surface area contributed by atoms with Crippen LogP contribution in [0.15, 0.2) is 18.5 Å². The first-order valence-corrected chi connectivity index (χ1v) is 5.87. The van der Waals surface area contributed by atoms with Gasteiger partial charge in [-0.05, 0) is 18.6 Å². The first-order valence-electron chi connectivity index (χ1n) is 5.87. The Hall–Kier alpha value is -0.840. The number of hydrogen-bond acceptors (Lipinski definition) is 3. The zero-order valence-electron chi connectivity index (χ0n) is 9.78. The summed E-state index contributed by atoms with van der Waals surface area (Å²) in [6.45, 7) is 5.65. The van der Waals surface area contributed by atoms with E-state index in [0.29, 0.717) is 19.8 Å². The highest BCUT2D eigenvalue weighted by atomic mass is 16.5. The van der Waals surface area contributed by atoms with Crippen molar-refractivity contribution in [3.8, 4) is 0 Å². The first-order chi connectivity index (χ1) is 7.72. The number of hydrogen-bond donors (Lipinski definition) is 2. The van der Waals surface area contributed by atoms with Crippen molar-refractivity contribution in [3.05, 3.63) is 24.0 Å². The van der Waals surface area contributed by atoms with E-state index in [-0.39, 0.29) is 0 Å². The summed E-state index contributed by atoms with van der Waals surface area (Å²) < 4.78 is 7.33. The molecule has 4 nitrogen and oxygen atoms in total. The molecule has 1 aliphatic heterocycles. The Kier molecular flexibility index (Phi) is 3.63. The summed E-state index contributed by atoms with van der Waals surface area (Å²) in [5.41, 5.74) is 0.595. The average Bonchev–Trinajstić information content (AvgIpc) is 2.88. The maximum absolute atomic E-state index is 10.0. The van der Waals surface area contributed by atoms with E-state index in [1.807, 2.05) is 0 Å². The zero-order chi connectivity index (χ0) is 11.4. The van der Waals surface area contributed by atoms with Crippen molar-refractivity contribution < 1.29 is 9.84 Å². The predicted molar refractivity (Wildman–Crippen MR) is 62.2 cm³/mol. The number of aromatic nitrogens is 1. The number of aryl methyl sites for hydroxylation is 1. The fraction of sp³-hybridized carbons (Fsp3) is 0.667. The monoisotopic (exact) mass is 224 g/mol. The lowest BCUT2D eigenvalue weighted by molar-refractivity contribution is 0.0268. The van der Waals surface area contributed by atoms with Crippen LogP contribution in [0, 0.1) is 0 Å². The lowest BCUT2D eigenvalue weighted by Crippen LogP contribution is -2.40. The fourth-order valence-electron chi connectivity index (χ4n) is 1.97. The van der Waals surface area contributed by atoms with Crippen molar-refractivity contribution in [3.63, 3.8) is 0 Å². The van der Waals surface area contributed by atoms with E-state index in [9.17, 15) is 5.11 Å². The molecule has 4 heteroatoms. The van der Waals surface area contributed by atoms with E-state index in [1.165, 1.54) is 5.56 Å². The second-order valence-electron chi connectivity index (χ2n) is 4.48. The molecule has 0 aliphatic carbocycles. The van der Waals surface area contributed by atoms with Gasteiger partial charge >= 0.3 is 0 Å². The molecule has 0 bridgehead atoms. The number of aliphatic hydroxyl groups is 1. The molecular formula is C12H20N2O2. The van der Waals surface area contributed by atoms with Crippen molar-refractivity contribution in [2.75, 3.05) is 19.8 Å². The van der Waals surface area contributed by atoms with E-state index < -0.39 is 5.60 Å². The van der Waals surface area contributed by atoms with Crippen LogP contribution in [0.25, 0.3) is 0 Å². The summed E-state index contributed by atoms with van der Waals surface area (Å²) in [6.07, 6.45) is 4.93. The van der Waals surface area contributed by atoms with Gasteiger partial charge in [0.05, 0.1) is 6.61 Å². The molecule has 1 fully saturated rings. The third kappa shape index (κ3) is 2.84. The molecule has 1 aliphatic rings. The van der Waals surface area contributed by atoms with Crippen LogP contribution in [0.3, 0.4) is 0 Å². The lowest BCUT2D eigenvalue weighted by atomic mass is 10.0. The number of ether oxygens (including phenoxy) is 1. The maximum Gasteiger partial charge on any atom is 0.102 e. The van der Waals surface area contributed by atoms with Gasteiger partial charge in [-0.2, -0.15) is 0 Å². The van der Waals surface area contributed by atoms with Crippen molar-refractivity contribution in [2.45, 2.75) is 32.0 Å². The van der Waals surface area contributed by atoms with Crippen LogP contribution in [0.5, 0.6) is 0 Å². The Bertz CT molecular complexity index is 330. The van der Waals surface area contributed by atoms with Crippen LogP contribution >= 0.6 is 0 Å². The first kappa shape index (κ1) is 11.6. The molecule has 0 amide bonds. The van der Waals surface area contributed by atoms with Crippen LogP contribution in [0.2, 0.25) is 0 Å².